The van der Waals surface area contributed by atoms with Gasteiger partial charge in [0.1, 0.15) is 11.9 Å². The van der Waals surface area contributed by atoms with Crippen molar-refractivity contribution in [1.29, 1.82) is 0 Å². The normalized spacial score (nSPS) is 15.4. The molecule has 0 spiro atoms. The van der Waals surface area contributed by atoms with E-state index in [0.717, 1.165) is 49.2 Å². The first-order valence-electron chi connectivity index (χ1n) is 10.1. The number of carbonyl (C=O) groups is 1. The predicted molar refractivity (Wildman–Crippen MR) is 115 cm³/mol. The standard InChI is InChI=1S/C25H25NO3/c27-25(28)20-8-6-19(7-9-20)21-11-13-24-22(16-21)10-12-23(29-24)17-26-15-14-18-4-2-1-3-5-18/h1-9,11,13,16,23,26H,10,12,14-15,17H2,(H,27,28)/t23-/m1/s1. The van der Waals surface area contributed by atoms with Gasteiger partial charge in [-0.15, -0.1) is 0 Å². The van der Waals surface area contributed by atoms with Gasteiger partial charge in [0.15, 0.2) is 0 Å². The van der Waals surface area contributed by atoms with E-state index in [4.69, 9.17) is 9.84 Å². The van der Waals surface area contributed by atoms with E-state index in [0.29, 0.717) is 5.56 Å². The number of hydrogen-bond acceptors (Lipinski definition) is 3. The summed E-state index contributed by atoms with van der Waals surface area (Å²) in [6, 6.07) is 23.7. The molecule has 4 nitrogen and oxygen atoms in total. The number of carboxylic acids is 1. The van der Waals surface area contributed by atoms with Crippen LogP contribution in [0, 0.1) is 0 Å². The van der Waals surface area contributed by atoms with Gasteiger partial charge in [0.2, 0.25) is 0 Å². The van der Waals surface area contributed by atoms with Gasteiger partial charge in [0, 0.05) is 6.54 Å². The third-order valence-corrected chi connectivity index (χ3v) is 5.36. The van der Waals surface area contributed by atoms with Crippen LogP contribution in [0.5, 0.6) is 5.75 Å². The fourth-order valence-corrected chi connectivity index (χ4v) is 3.71. The summed E-state index contributed by atoms with van der Waals surface area (Å²) in [4.78, 5) is 11.0. The maximum absolute atomic E-state index is 11.0. The molecule has 4 heteroatoms. The van der Waals surface area contributed by atoms with E-state index in [1.165, 1.54) is 11.1 Å². The lowest BCUT2D eigenvalue weighted by molar-refractivity contribution is 0.0697. The second-order valence-corrected chi connectivity index (χ2v) is 7.42. The predicted octanol–water partition coefficient (Wildman–Crippen LogP) is 4.58. The van der Waals surface area contributed by atoms with E-state index in [-0.39, 0.29) is 6.10 Å². The topological polar surface area (TPSA) is 58.6 Å². The monoisotopic (exact) mass is 387 g/mol. The maximum atomic E-state index is 11.0. The SMILES string of the molecule is O=C(O)c1ccc(-c2ccc3c(c2)CC[C@H](CNCCc2ccccc2)O3)cc1. The van der Waals surface area contributed by atoms with Crippen LogP contribution >= 0.6 is 0 Å². The van der Waals surface area contributed by atoms with Crippen molar-refractivity contribution in [3.63, 3.8) is 0 Å². The molecule has 3 aromatic rings. The lowest BCUT2D eigenvalue weighted by atomic mass is 9.96. The Morgan fingerprint density at radius 3 is 2.52 bits per heavy atom. The number of fused-ring (bicyclic) bond motifs is 1. The van der Waals surface area contributed by atoms with E-state index >= 15 is 0 Å². The van der Waals surface area contributed by atoms with Crippen LogP contribution in [0.4, 0.5) is 0 Å². The molecule has 1 atom stereocenters. The van der Waals surface area contributed by atoms with E-state index in [1.807, 2.05) is 30.3 Å². The summed E-state index contributed by atoms with van der Waals surface area (Å²) in [6.07, 6.45) is 3.20. The number of benzene rings is 3. The number of nitrogens with one attached hydrogen (secondary N) is 1. The molecule has 148 valence electrons. The fraction of sp³-hybridized carbons (Fsp3) is 0.240. The smallest absolute Gasteiger partial charge is 0.335 e. The van der Waals surface area contributed by atoms with Crippen LogP contribution in [0.2, 0.25) is 0 Å². The number of aromatic carboxylic acids is 1. The molecule has 0 bridgehead atoms. The van der Waals surface area contributed by atoms with Gasteiger partial charge in [0.05, 0.1) is 5.56 Å². The molecule has 0 unspecified atom stereocenters. The van der Waals surface area contributed by atoms with Crippen molar-refractivity contribution in [2.45, 2.75) is 25.4 Å². The van der Waals surface area contributed by atoms with E-state index in [2.05, 4.69) is 35.6 Å². The van der Waals surface area contributed by atoms with Gasteiger partial charge in [-0.25, -0.2) is 4.79 Å². The first-order chi connectivity index (χ1) is 14.2. The summed E-state index contributed by atoms with van der Waals surface area (Å²) in [7, 11) is 0. The molecular formula is C25H25NO3. The van der Waals surface area contributed by atoms with Crippen LogP contribution in [0.15, 0.2) is 72.8 Å². The highest BCUT2D eigenvalue weighted by molar-refractivity contribution is 5.88. The minimum atomic E-state index is -0.904. The van der Waals surface area contributed by atoms with Crippen molar-refractivity contribution in [3.8, 4) is 16.9 Å². The first kappa shape index (κ1) is 19.2. The molecular weight excluding hydrogens is 362 g/mol. The molecule has 4 rings (SSSR count). The lowest BCUT2D eigenvalue weighted by Crippen LogP contribution is -2.35. The molecule has 0 aromatic heterocycles. The van der Waals surface area contributed by atoms with Crippen molar-refractivity contribution < 1.29 is 14.6 Å². The van der Waals surface area contributed by atoms with Crippen molar-refractivity contribution in [2.24, 2.45) is 0 Å². The highest BCUT2D eigenvalue weighted by Crippen LogP contribution is 2.32. The Hall–Kier alpha value is -3.11. The van der Waals surface area contributed by atoms with Crippen LogP contribution in [-0.4, -0.2) is 30.3 Å². The molecule has 1 aliphatic heterocycles. The quantitative estimate of drug-likeness (QED) is 0.583. The van der Waals surface area contributed by atoms with Crippen molar-refractivity contribution in [2.75, 3.05) is 13.1 Å². The molecule has 0 saturated heterocycles. The first-order valence-corrected chi connectivity index (χ1v) is 10.1. The number of carboxylic acid groups (broad SMARTS) is 1. The third-order valence-electron chi connectivity index (χ3n) is 5.36. The van der Waals surface area contributed by atoms with Crippen LogP contribution in [0.3, 0.4) is 0 Å². The van der Waals surface area contributed by atoms with Gasteiger partial charge < -0.3 is 15.2 Å². The van der Waals surface area contributed by atoms with Gasteiger partial charge >= 0.3 is 5.97 Å². The van der Waals surface area contributed by atoms with Crippen LogP contribution in [0.25, 0.3) is 11.1 Å². The zero-order valence-electron chi connectivity index (χ0n) is 16.3. The zero-order chi connectivity index (χ0) is 20.1. The molecule has 3 aromatic carbocycles. The molecule has 1 heterocycles. The summed E-state index contributed by atoms with van der Waals surface area (Å²) in [5.41, 5.74) is 4.97. The number of aryl methyl sites for hydroxylation is 1. The third kappa shape index (κ3) is 4.84. The van der Waals surface area contributed by atoms with E-state index in [1.54, 1.807) is 12.1 Å². The summed E-state index contributed by atoms with van der Waals surface area (Å²) >= 11 is 0. The minimum Gasteiger partial charge on any atom is -0.489 e. The molecule has 0 radical (unpaired) electrons. The molecule has 0 fully saturated rings. The van der Waals surface area contributed by atoms with Gasteiger partial charge in [-0.05, 0) is 72.3 Å². The van der Waals surface area contributed by atoms with Gasteiger partial charge in [-0.2, -0.15) is 0 Å². The molecule has 29 heavy (non-hydrogen) atoms. The van der Waals surface area contributed by atoms with Crippen molar-refractivity contribution in [1.82, 2.24) is 5.32 Å². The fourth-order valence-electron chi connectivity index (χ4n) is 3.71. The van der Waals surface area contributed by atoms with Crippen LogP contribution < -0.4 is 10.1 Å². The van der Waals surface area contributed by atoms with Gasteiger partial charge in [-0.1, -0.05) is 48.5 Å². The van der Waals surface area contributed by atoms with Crippen LogP contribution in [-0.2, 0) is 12.8 Å². The van der Waals surface area contributed by atoms with Gasteiger partial charge in [0.25, 0.3) is 0 Å². The Labute approximate surface area is 171 Å². The van der Waals surface area contributed by atoms with Crippen molar-refractivity contribution >= 4 is 5.97 Å². The van der Waals surface area contributed by atoms with E-state index in [9.17, 15) is 4.79 Å². The number of rotatable bonds is 7. The van der Waals surface area contributed by atoms with Gasteiger partial charge in [-0.3, -0.25) is 0 Å². The Balaban J connectivity index is 1.32. The van der Waals surface area contributed by atoms with E-state index < -0.39 is 5.97 Å². The number of ether oxygens (including phenoxy) is 1. The maximum Gasteiger partial charge on any atom is 0.335 e. The van der Waals surface area contributed by atoms with Crippen molar-refractivity contribution in [3.05, 3.63) is 89.5 Å². The highest BCUT2D eigenvalue weighted by atomic mass is 16.5. The molecule has 0 saturated carbocycles. The number of hydrogen-bond donors (Lipinski definition) is 2. The second-order valence-electron chi connectivity index (χ2n) is 7.42. The highest BCUT2D eigenvalue weighted by Gasteiger charge is 2.20. The summed E-state index contributed by atoms with van der Waals surface area (Å²) < 4.78 is 6.19. The molecule has 0 aliphatic carbocycles. The van der Waals surface area contributed by atoms with Crippen LogP contribution in [0.1, 0.15) is 27.9 Å². The molecule has 0 amide bonds. The Morgan fingerprint density at radius 1 is 1.00 bits per heavy atom. The lowest BCUT2D eigenvalue weighted by Gasteiger charge is -2.27. The Bertz CT molecular complexity index is 967. The zero-order valence-corrected chi connectivity index (χ0v) is 16.3. The Morgan fingerprint density at radius 2 is 1.76 bits per heavy atom. The largest absolute Gasteiger partial charge is 0.489 e. The molecule has 1 aliphatic rings. The summed E-state index contributed by atoms with van der Waals surface area (Å²) in [6.45, 7) is 1.80. The Kier molecular flexibility index (Phi) is 5.92. The summed E-state index contributed by atoms with van der Waals surface area (Å²) in [5.74, 6) is 0.0517. The minimum absolute atomic E-state index is 0.193. The average molecular weight is 387 g/mol. The summed E-state index contributed by atoms with van der Waals surface area (Å²) in [5, 5.41) is 12.6. The average Bonchev–Trinajstić information content (AvgIpc) is 2.77. The molecule has 2 N–H and O–H groups in total. The second kappa shape index (κ2) is 8.93.